The van der Waals surface area contributed by atoms with E-state index in [2.05, 4.69) is 6.92 Å². The van der Waals surface area contributed by atoms with Crippen molar-refractivity contribution in [1.82, 2.24) is 0 Å². The van der Waals surface area contributed by atoms with E-state index in [0.29, 0.717) is 6.61 Å². The Morgan fingerprint density at radius 2 is 1.92 bits per heavy atom. The molecule has 0 aliphatic heterocycles. The molecule has 0 bridgehead atoms. The normalized spacial score (nSPS) is 14.5. The van der Waals surface area contributed by atoms with Crippen LogP contribution in [-0.2, 0) is 4.74 Å². The van der Waals surface area contributed by atoms with E-state index in [9.17, 15) is 0 Å². The molecule has 0 aliphatic carbocycles. The van der Waals surface area contributed by atoms with Gasteiger partial charge in [-0.1, -0.05) is 54.6 Å². The molecule has 5 heteroatoms. The van der Waals surface area contributed by atoms with Gasteiger partial charge in [-0.3, -0.25) is 0 Å². The molecule has 0 saturated carbocycles. The molecular weight excluding hydrogens is 232 g/mol. The summed E-state index contributed by atoms with van der Waals surface area (Å²) in [7, 11) is 0. The van der Waals surface area contributed by atoms with Crippen LogP contribution >= 0.6 is 34.8 Å². The second-order valence-electron chi connectivity index (χ2n) is 2.84. The van der Waals surface area contributed by atoms with E-state index in [0.717, 1.165) is 19.3 Å². The minimum atomic E-state index is -1.42. The lowest BCUT2D eigenvalue weighted by Crippen LogP contribution is -2.36. The molecule has 0 saturated heterocycles. The molecule has 0 spiro atoms. The average Bonchev–Trinajstić information content (AvgIpc) is 2.02. The summed E-state index contributed by atoms with van der Waals surface area (Å²) in [5, 5.41) is 0. The molecule has 0 heterocycles. The molecule has 2 nitrogen and oxygen atoms in total. The standard InChI is InChI=1S/C8H16Cl3NO/c1-2-3-4-5-13-7(6-12)8(9,10)11/h7H,2-6,12H2,1H3. The molecule has 0 aliphatic rings. The van der Waals surface area contributed by atoms with Crippen molar-refractivity contribution in [2.75, 3.05) is 13.2 Å². The molecule has 0 radical (unpaired) electrons. The van der Waals surface area contributed by atoms with Crippen molar-refractivity contribution in [1.29, 1.82) is 0 Å². The van der Waals surface area contributed by atoms with Gasteiger partial charge in [-0.2, -0.15) is 0 Å². The topological polar surface area (TPSA) is 35.2 Å². The van der Waals surface area contributed by atoms with Gasteiger partial charge in [0, 0.05) is 13.2 Å². The van der Waals surface area contributed by atoms with Crippen molar-refractivity contribution < 1.29 is 4.74 Å². The third-order valence-corrected chi connectivity index (χ3v) is 2.38. The predicted molar refractivity (Wildman–Crippen MR) is 58.6 cm³/mol. The maximum atomic E-state index is 5.64. The first kappa shape index (κ1) is 13.8. The molecule has 1 atom stereocenters. The molecule has 0 aromatic rings. The number of halogens is 3. The predicted octanol–water partition coefficient (Wildman–Crippen LogP) is 2.89. The highest BCUT2D eigenvalue weighted by molar-refractivity contribution is 6.68. The van der Waals surface area contributed by atoms with Crippen LogP contribution in [0.1, 0.15) is 26.2 Å². The number of nitrogens with two attached hydrogens (primary N) is 1. The van der Waals surface area contributed by atoms with Gasteiger partial charge in [0.05, 0.1) is 0 Å². The number of alkyl halides is 3. The summed E-state index contributed by atoms with van der Waals surface area (Å²) < 4.78 is 3.92. The Morgan fingerprint density at radius 3 is 2.31 bits per heavy atom. The summed E-state index contributed by atoms with van der Waals surface area (Å²) in [6.45, 7) is 2.95. The number of unbranched alkanes of at least 4 members (excludes halogenated alkanes) is 2. The number of hydrogen-bond acceptors (Lipinski definition) is 2. The van der Waals surface area contributed by atoms with Crippen LogP contribution in [0.4, 0.5) is 0 Å². The van der Waals surface area contributed by atoms with Crippen LogP contribution in [0.3, 0.4) is 0 Å². The third kappa shape index (κ3) is 6.81. The summed E-state index contributed by atoms with van der Waals surface area (Å²) in [4.78, 5) is 0. The Kier molecular flexibility index (Phi) is 7.56. The quantitative estimate of drug-likeness (QED) is 0.579. The summed E-state index contributed by atoms with van der Waals surface area (Å²) in [5.41, 5.74) is 5.40. The Bertz CT molecular complexity index is 127. The van der Waals surface area contributed by atoms with E-state index in [1.807, 2.05) is 0 Å². The number of ether oxygens (including phenoxy) is 1. The number of hydrogen-bond donors (Lipinski definition) is 1. The van der Waals surface area contributed by atoms with Crippen LogP contribution < -0.4 is 5.73 Å². The second-order valence-corrected chi connectivity index (χ2v) is 5.21. The van der Waals surface area contributed by atoms with Crippen molar-refractivity contribution >= 4 is 34.8 Å². The summed E-state index contributed by atoms with van der Waals surface area (Å²) in [6, 6.07) is 0. The lowest BCUT2D eigenvalue weighted by Gasteiger charge is -2.22. The van der Waals surface area contributed by atoms with Gasteiger partial charge in [0.25, 0.3) is 0 Å². The molecule has 0 fully saturated rings. The third-order valence-electron chi connectivity index (χ3n) is 1.65. The van der Waals surface area contributed by atoms with E-state index in [1.54, 1.807) is 0 Å². The van der Waals surface area contributed by atoms with Crippen molar-refractivity contribution in [3.63, 3.8) is 0 Å². The first-order chi connectivity index (χ1) is 6.02. The van der Waals surface area contributed by atoms with Crippen LogP contribution in [0, 0.1) is 0 Å². The first-order valence-corrected chi connectivity index (χ1v) is 5.54. The van der Waals surface area contributed by atoms with Crippen LogP contribution in [0.15, 0.2) is 0 Å². The minimum absolute atomic E-state index is 0.225. The van der Waals surface area contributed by atoms with Crippen LogP contribution in [-0.4, -0.2) is 23.0 Å². The largest absolute Gasteiger partial charge is 0.372 e. The molecule has 0 aromatic heterocycles. The van der Waals surface area contributed by atoms with Gasteiger partial charge in [0.2, 0.25) is 3.79 Å². The Morgan fingerprint density at radius 1 is 1.31 bits per heavy atom. The van der Waals surface area contributed by atoms with Crippen LogP contribution in [0.2, 0.25) is 0 Å². The maximum absolute atomic E-state index is 5.64. The lowest BCUT2D eigenvalue weighted by molar-refractivity contribution is 0.0591. The minimum Gasteiger partial charge on any atom is -0.372 e. The molecule has 80 valence electrons. The van der Waals surface area contributed by atoms with E-state index in [4.69, 9.17) is 45.3 Å². The van der Waals surface area contributed by atoms with Gasteiger partial charge in [0.15, 0.2) is 0 Å². The van der Waals surface area contributed by atoms with Gasteiger partial charge in [-0.05, 0) is 6.42 Å². The van der Waals surface area contributed by atoms with Gasteiger partial charge in [0.1, 0.15) is 6.10 Å². The molecular formula is C8H16Cl3NO. The molecule has 1 unspecified atom stereocenters. The SMILES string of the molecule is CCCCCOC(CN)C(Cl)(Cl)Cl. The van der Waals surface area contributed by atoms with Gasteiger partial charge >= 0.3 is 0 Å². The fourth-order valence-corrected chi connectivity index (χ4v) is 1.33. The highest BCUT2D eigenvalue weighted by Crippen LogP contribution is 2.31. The number of rotatable bonds is 6. The van der Waals surface area contributed by atoms with Crippen LogP contribution in [0.25, 0.3) is 0 Å². The maximum Gasteiger partial charge on any atom is 0.217 e. The first-order valence-electron chi connectivity index (χ1n) is 4.40. The zero-order valence-electron chi connectivity index (χ0n) is 7.73. The summed E-state index contributed by atoms with van der Waals surface area (Å²) in [5.74, 6) is 0. The Labute approximate surface area is 94.7 Å². The van der Waals surface area contributed by atoms with Crippen LogP contribution in [0.5, 0.6) is 0 Å². The summed E-state index contributed by atoms with van der Waals surface area (Å²) in [6.07, 6.45) is 2.74. The fraction of sp³-hybridized carbons (Fsp3) is 1.00. The Hall–Kier alpha value is 0.790. The van der Waals surface area contributed by atoms with Gasteiger partial charge < -0.3 is 10.5 Å². The molecule has 0 rings (SSSR count). The van der Waals surface area contributed by atoms with Gasteiger partial charge in [-0.25, -0.2) is 0 Å². The molecule has 0 aromatic carbocycles. The molecule has 2 N–H and O–H groups in total. The smallest absolute Gasteiger partial charge is 0.217 e. The zero-order valence-corrected chi connectivity index (χ0v) is 10.0. The zero-order chi connectivity index (χ0) is 10.3. The van der Waals surface area contributed by atoms with E-state index in [-0.39, 0.29) is 6.54 Å². The molecule has 0 amide bonds. The fourth-order valence-electron chi connectivity index (χ4n) is 0.874. The van der Waals surface area contributed by atoms with Crippen molar-refractivity contribution in [2.24, 2.45) is 5.73 Å². The highest BCUT2D eigenvalue weighted by Gasteiger charge is 2.31. The van der Waals surface area contributed by atoms with Gasteiger partial charge in [-0.15, -0.1) is 0 Å². The van der Waals surface area contributed by atoms with E-state index < -0.39 is 9.90 Å². The van der Waals surface area contributed by atoms with Crippen molar-refractivity contribution in [3.05, 3.63) is 0 Å². The monoisotopic (exact) mass is 247 g/mol. The summed E-state index contributed by atoms with van der Waals surface area (Å²) >= 11 is 16.9. The second kappa shape index (κ2) is 7.13. The molecule has 13 heavy (non-hydrogen) atoms. The Balaban J connectivity index is 3.61. The van der Waals surface area contributed by atoms with E-state index >= 15 is 0 Å². The van der Waals surface area contributed by atoms with E-state index in [1.165, 1.54) is 0 Å². The lowest BCUT2D eigenvalue weighted by atomic mass is 10.3. The van der Waals surface area contributed by atoms with Crippen molar-refractivity contribution in [2.45, 2.75) is 36.1 Å². The average molecular weight is 249 g/mol. The van der Waals surface area contributed by atoms with Crippen molar-refractivity contribution in [3.8, 4) is 0 Å². The highest BCUT2D eigenvalue weighted by atomic mass is 35.6.